The van der Waals surface area contributed by atoms with E-state index >= 15 is 0 Å². The van der Waals surface area contributed by atoms with Crippen molar-refractivity contribution >= 4 is 15.9 Å². The highest BCUT2D eigenvalue weighted by atomic mass is 79.9. The molecule has 0 aromatic carbocycles. The standard InChI is InChI=1S/C14H21BrF3N3/c1-13(2,3)21-11(8-15)19-20-12(21)9-4-6-10(7-5-9)14(16,17)18/h9-10H,4-8H2,1-3H3. The Balaban J connectivity index is 2.20. The maximum Gasteiger partial charge on any atom is 0.391 e. The number of rotatable bonds is 2. The lowest BCUT2D eigenvalue weighted by molar-refractivity contribution is -0.182. The van der Waals surface area contributed by atoms with Crippen LogP contribution in [-0.2, 0) is 10.9 Å². The molecule has 0 amide bonds. The Bertz CT molecular complexity index is 483. The molecule has 1 aromatic heterocycles. The Hall–Kier alpha value is -0.590. The summed E-state index contributed by atoms with van der Waals surface area (Å²) in [7, 11) is 0. The van der Waals surface area contributed by atoms with E-state index in [1.165, 1.54) is 0 Å². The lowest BCUT2D eigenvalue weighted by Gasteiger charge is -2.32. The van der Waals surface area contributed by atoms with E-state index in [0.29, 0.717) is 18.2 Å². The van der Waals surface area contributed by atoms with Crippen LogP contribution in [0.2, 0.25) is 0 Å². The Morgan fingerprint density at radius 3 is 2.10 bits per heavy atom. The molecule has 0 spiro atoms. The largest absolute Gasteiger partial charge is 0.391 e. The fourth-order valence-corrected chi connectivity index (χ4v) is 3.45. The SMILES string of the molecule is CC(C)(C)n1c(CBr)nnc1C1CCC(C(F)(F)F)CC1. The Kier molecular flexibility index (Phi) is 4.71. The first-order chi connectivity index (χ1) is 9.64. The van der Waals surface area contributed by atoms with Gasteiger partial charge >= 0.3 is 6.18 Å². The van der Waals surface area contributed by atoms with E-state index in [1.54, 1.807) is 0 Å². The fourth-order valence-electron chi connectivity index (χ4n) is 3.09. The molecule has 0 atom stereocenters. The Morgan fingerprint density at radius 2 is 1.67 bits per heavy atom. The molecule has 7 heteroatoms. The van der Waals surface area contributed by atoms with Crippen molar-refractivity contribution in [2.24, 2.45) is 5.92 Å². The van der Waals surface area contributed by atoms with Crippen molar-refractivity contribution in [3.63, 3.8) is 0 Å². The number of halogens is 4. The van der Waals surface area contributed by atoms with Gasteiger partial charge in [-0.2, -0.15) is 13.2 Å². The molecule has 1 aromatic rings. The average molecular weight is 368 g/mol. The second kappa shape index (κ2) is 5.89. The number of hydrogen-bond donors (Lipinski definition) is 0. The highest BCUT2D eigenvalue weighted by molar-refractivity contribution is 9.08. The van der Waals surface area contributed by atoms with Gasteiger partial charge in [-0.1, -0.05) is 15.9 Å². The van der Waals surface area contributed by atoms with Gasteiger partial charge in [0.05, 0.1) is 11.2 Å². The summed E-state index contributed by atoms with van der Waals surface area (Å²) in [5.41, 5.74) is -0.178. The van der Waals surface area contributed by atoms with Gasteiger partial charge in [0.2, 0.25) is 0 Å². The number of nitrogens with zero attached hydrogens (tertiary/aromatic N) is 3. The van der Waals surface area contributed by atoms with Gasteiger partial charge in [0.25, 0.3) is 0 Å². The van der Waals surface area contributed by atoms with E-state index in [1.807, 2.05) is 0 Å². The van der Waals surface area contributed by atoms with Crippen molar-refractivity contribution in [1.82, 2.24) is 14.8 Å². The zero-order chi connectivity index (χ0) is 15.8. The maximum absolute atomic E-state index is 12.8. The zero-order valence-corrected chi connectivity index (χ0v) is 14.1. The zero-order valence-electron chi connectivity index (χ0n) is 12.5. The van der Waals surface area contributed by atoms with E-state index < -0.39 is 12.1 Å². The molecule has 120 valence electrons. The molecule has 0 aliphatic heterocycles. The Morgan fingerprint density at radius 1 is 1.10 bits per heavy atom. The first kappa shape index (κ1) is 16.8. The molecule has 1 fully saturated rings. The normalized spacial score (nSPS) is 24.3. The summed E-state index contributed by atoms with van der Waals surface area (Å²) in [5, 5.41) is 9.05. The minimum absolute atomic E-state index is 0.0723. The second-order valence-corrected chi connectivity index (χ2v) is 7.27. The van der Waals surface area contributed by atoms with Crippen LogP contribution < -0.4 is 0 Å². The molecule has 0 bridgehead atoms. The first-order valence-corrected chi connectivity index (χ1v) is 8.34. The van der Waals surface area contributed by atoms with Crippen LogP contribution in [0.3, 0.4) is 0 Å². The van der Waals surface area contributed by atoms with Gasteiger partial charge < -0.3 is 4.57 Å². The monoisotopic (exact) mass is 367 g/mol. The van der Waals surface area contributed by atoms with Crippen LogP contribution in [0.5, 0.6) is 0 Å². The van der Waals surface area contributed by atoms with Crippen molar-refractivity contribution in [2.45, 2.75) is 69.4 Å². The molecular weight excluding hydrogens is 347 g/mol. The van der Waals surface area contributed by atoms with Crippen LogP contribution in [0.1, 0.15) is 64.0 Å². The van der Waals surface area contributed by atoms with Crippen molar-refractivity contribution in [1.29, 1.82) is 0 Å². The van der Waals surface area contributed by atoms with Crippen molar-refractivity contribution in [3.05, 3.63) is 11.6 Å². The van der Waals surface area contributed by atoms with Gasteiger partial charge in [0.1, 0.15) is 11.6 Å². The van der Waals surface area contributed by atoms with E-state index in [4.69, 9.17) is 0 Å². The summed E-state index contributed by atoms with van der Waals surface area (Å²) in [6.07, 6.45) is -2.63. The van der Waals surface area contributed by atoms with Crippen molar-refractivity contribution < 1.29 is 13.2 Å². The quantitative estimate of drug-likeness (QED) is 0.705. The molecule has 1 aliphatic carbocycles. The molecule has 0 unspecified atom stereocenters. The molecular formula is C14H21BrF3N3. The lowest BCUT2D eigenvalue weighted by atomic mass is 9.81. The minimum Gasteiger partial charge on any atom is -0.309 e. The summed E-state index contributed by atoms with van der Waals surface area (Å²) in [5.74, 6) is 0.576. The smallest absolute Gasteiger partial charge is 0.309 e. The van der Waals surface area contributed by atoms with Crippen LogP contribution in [-0.4, -0.2) is 20.9 Å². The summed E-state index contributed by atoms with van der Waals surface area (Å²) < 4.78 is 40.3. The minimum atomic E-state index is -4.07. The van der Waals surface area contributed by atoms with Crippen LogP contribution >= 0.6 is 15.9 Å². The topological polar surface area (TPSA) is 30.7 Å². The summed E-state index contributed by atoms with van der Waals surface area (Å²) >= 11 is 3.40. The molecule has 3 nitrogen and oxygen atoms in total. The van der Waals surface area contributed by atoms with E-state index in [-0.39, 0.29) is 24.3 Å². The molecule has 21 heavy (non-hydrogen) atoms. The predicted octanol–water partition coefficient (Wildman–Crippen LogP) is 4.76. The second-order valence-electron chi connectivity index (χ2n) is 6.70. The van der Waals surface area contributed by atoms with Crippen LogP contribution in [0.25, 0.3) is 0 Å². The fraction of sp³-hybridized carbons (Fsp3) is 0.857. The summed E-state index contributed by atoms with van der Waals surface area (Å²) in [6.45, 7) is 6.19. The highest BCUT2D eigenvalue weighted by Gasteiger charge is 2.42. The van der Waals surface area contributed by atoms with Crippen LogP contribution in [0, 0.1) is 5.92 Å². The third-order valence-corrected chi connectivity index (χ3v) is 4.60. The molecule has 0 saturated heterocycles. The van der Waals surface area contributed by atoms with Crippen molar-refractivity contribution in [2.75, 3.05) is 0 Å². The van der Waals surface area contributed by atoms with Gasteiger partial charge in [0.15, 0.2) is 0 Å². The maximum atomic E-state index is 12.8. The van der Waals surface area contributed by atoms with Gasteiger partial charge in [-0.25, -0.2) is 0 Å². The summed E-state index contributed by atoms with van der Waals surface area (Å²) in [6, 6.07) is 0. The van der Waals surface area contributed by atoms with Crippen LogP contribution in [0.4, 0.5) is 13.2 Å². The molecule has 0 N–H and O–H groups in total. The third kappa shape index (κ3) is 3.60. The molecule has 1 saturated carbocycles. The van der Waals surface area contributed by atoms with Gasteiger partial charge in [-0.3, -0.25) is 0 Å². The van der Waals surface area contributed by atoms with Gasteiger partial charge in [0, 0.05) is 11.5 Å². The lowest BCUT2D eigenvalue weighted by Crippen LogP contribution is -2.31. The van der Waals surface area contributed by atoms with Crippen LogP contribution in [0.15, 0.2) is 0 Å². The third-order valence-electron chi connectivity index (χ3n) is 4.10. The van der Waals surface area contributed by atoms with Gasteiger partial charge in [-0.15, -0.1) is 10.2 Å². The van der Waals surface area contributed by atoms with E-state index in [2.05, 4.69) is 51.5 Å². The number of hydrogen-bond acceptors (Lipinski definition) is 2. The Labute approximate surface area is 131 Å². The van der Waals surface area contributed by atoms with Crippen molar-refractivity contribution in [3.8, 4) is 0 Å². The predicted molar refractivity (Wildman–Crippen MR) is 78.4 cm³/mol. The van der Waals surface area contributed by atoms with E-state index in [9.17, 15) is 13.2 Å². The van der Waals surface area contributed by atoms with Gasteiger partial charge in [-0.05, 0) is 46.5 Å². The van der Waals surface area contributed by atoms with E-state index in [0.717, 1.165) is 11.6 Å². The number of alkyl halides is 4. The number of aromatic nitrogens is 3. The molecule has 0 radical (unpaired) electrons. The molecule has 1 aliphatic rings. The highest BCUT2D eigenvalue weighted by Crippen LogP contribution is 2.43. The first-order valence-electron chi connectivity index (χ1n) is 7.22. The molecule has 2 rings (SSSR count). The average Bonchev–Trinajstić information content (AvgIpc) is 2.81. The molecule has 1 heterocycles. The summed E-state index contributed by atoms with van der Waals surface area (Å²) in [4.78, 5) is 0.